The summed E-state index contributed by atoms with van der Waals surface area (Å²) in [5.74, 6) is 0. The Labute approximate surface area is 121 Å². The standard InChI is InChI=1S/C12H17BrN2S2/c1-15(7-11-6-9(13)8-17-11)12(16)14-10-4-2-3-5-10/h6,8,10H,2-5,7H2,1H3,(H,14,16). The Hall–Kier alpha value is -0.130. The average Bonchev–Trinajstić information content (AvgIpc) is 2.90. The van der Waals surface area contributed by atoms with Crippen LogP contribution < -0.4 is 5.32 Å². The molecule has 2 nitrogen and oxygen atoms in total. The van der Waals surface area contributed by atoms with Gasteiger partial charge in [-0.2, -0.15) is 0 Å². The number of thiocarbonyl (C=S) groups is 1. The van der Waals surface area contributed by atoms with E-state index in [2.05, 4.69) is 44.6 Å². The van der Waals surface area contributed by atoms with Gasteiger partial charge in [-0.3, -0.25) is 0 Å². The van der Waals surface area contributed by atoms with Crippen LogP contribution in [0.2, 0.25) is 0 Å². The quantitative estimate of drug-likeness (QED) is 0.848. The summed E-state index contributed by atoms with van der Waals surface area (Å²) >= 11 is 10.7. The van der Waals surface area contributed by atoms with Crippen LogP contribution in [-0.2, 0) is 6.54 Å². The lowest BCUT2D eigenvalue weighted by Crippen LogP contribution is -2.41. The fourth-order valence-corrected chi connectivity index (χ4v) is 3.83. The zero-order valence-corrected chi connectivity index (χ0v) is 13.1. The van der Waals surface area contributed by atoms with Gasteiger partial charge in [0.2, 0.25) is 0 Å². The molecule has 1 fully saturated rings. The van der Waals surface area contributed by atoms with Crippen molar-refractivity contribution in [2.45, 2.75) is 38.3 Å². The van der Waals surface area contributed by atoms with Crippen LogP contribution in [0.1, 0.15) is 30.6 Å². The van der Waals surface area contributed by atoms with Crippen molar-refractivity contribution in [1.29, 1.82) is 0 Å². The van der Waals surface area contributed by atoms with Crippen molar-refractivity contribution in [3.8, 4) is 0 Å². The fraction of sp³-hybridized carbons (Fsp3) is 0.583. The van der Waals surface area contributed by atoms with E-state index in [1.54, 1.807) is 11.3 Å². The number of rotatable bonds is 3. The first-order valence-corrected chi connectivity index (χ1v) is 7.98. The highest BCUT2D eigenvalue weighted by Crippen LogP contribution is 2.21. The second-order valence-corrected chi connectivity index (χ2v) is 6.82. The van der Waals surface area contributed by atoms with Crippen LogP contribution >= 0.6 is 39.5 Å². The molecule has 5 heteroatoms. The van der Waals surface area contributed by atoms with Crippen LogP contribution in [0.5, 0.6) is 0 Å². The van der Waals surface area contributed by atoms with Gasteiger partial charge in [0.25, 0.3) is 0 Å². The van der Waals surface area contributed by atoms with Crippen molar-refractivity contribution >= 4 is 44.6 Å². The van der Waals surface area contributed by atoms with Crippen LogP contribution in [0, 0.1) is 0 Å². The number of thiophene rings is 1. The van der Waals surface area contributed by atoms with Crippen LogP contribution in [0.3, 0.4) is 0 Å². The molecule has 1 aliphatic rings. The average molecular weight is 333 g/mol. The first kappa shape index (κ1) is 13.3. The van der Waals surface area contributed by atoms with Crippen molar-refractivity contribution in [3.05, 3.63) is 20.8 Å². The lowest BCUT2D eigenvalue weighted by molar-refractivity contribution is 0.475. The van der Waals surface area contributed by atoms with Gasteiger partial charge >= 0.3 is 0 Å². The van der Waals surface area contributed by atoms with E-state index in [0.29, 0.717) is 6.04 Å². The molecule has 1 heterocycles. The summed E-state index contributed by atoms with van der Waals surface area (Å²) in [5.41, 5.74) is 0. The Balaban J connectivity index is 1.82. The normalized spacial score (nSPS) is 16.1. The molecule has 1 aromatic heterocycles. The number of nitrogens with zero attached hydrogens (tertiary/aromatic N) is 1. The maximum atomic E-state index is 5.43. The van der Waals surface area contributed by atoms with Gasteiger partial charge in [-0.25, -0.2) is 0 Å². The largest absolute Gasteiger partial charge is 0.360 e. The highest BCUT2D eigenvalue weighted by atomic mass is 79.9. The fourth-order valence-electron chi connectivity index (χ4n) is 2.10. The molecule has 0 amide bonds. The second kappa shape index (κ2) is 6.16. The van der Waals surface area contributed by atoms with E-state index in [1.807, 2.05) is 0 Å². The van der Waals surface area contributed by atoms with E-state index in [9.17, 15) is 0 Å². The van der Waals surface area contributed by atoms with E-state index >= 15 is 0 Å². The van der Waals surface area contributed by atoms with Gasteiger partial charge in [0.05, 0.1) is 6.54 Å². The third-order valence-corrected chi connectivity index (χ3v) is 5.16. The minimum atomic E-state index is 0.597. The number of hydrogen-bond acceptors (Lipinski definition) is 2. The van der Waals surface area contributed by atoms with E-state index in [1.165, 1.54) is 30.6 Å². The molecule has 1 N–H and O–H groups in total. The lowest BCUT2D eigenvalue weighted by Gasteiger charge is -2.23. The molecular weight excluding hydrogens is 316 g/mol. The Morgan fingerprint density at radius 3 is 2.88 bits per heavy atom. The van der Waals surface area contributed by atoms with Gasteiger partial charge < -0.3 is 10.2 Å². The van der Waals surface area contributed by atoms with E-state index in [4.69, 9.17) is 12.2 Å². The molecule has 0 aromatic carbocycles. The molecule has 0 aliphatic heterocycles. The van der Waals surface area contributed by atoms with Gasteiger partial charge in [0.1, 0.15) is 0 Å². The predicted molar refractivity (Wildman–Crippen MR) is 81.5 cm³/mol. The van der Waals surface area contributed by atoms with Crippen LogP contribution in [0.4, 0.5) is 0 Å². The van der Waals surface area contributed by atoms with Gasteiger partial charge in [-0.1, -0.05) is 12.8 Å². The van der Waals surface area contributed by atoms with Gasteiger partial charge in [0.15, 0.2) is 5.11 Å². The minimum Gasteiger partial charge on any atom is -0.360 e. The van der Waals surface area contributed by atoms with Crippen LogP contribution in [0.15, 0.2) is 15.9 Å². The smallest absolute Gasteiger partial charge is 0.169 e. The van der Waals surface area contributed by atoms with Crippen molar-refractivity contribution in [3.63, 3.8) is 0 Å². The maximum absolute atomic E-state index is 5.43. The molecule has 1 saturated carbocycles. The van der Waals surface area contributed by atoms with Crippen LogP contribution in [-0.4, -0.2) is 23.1 Å². The maximum Gasteiger partial charge on any atom is 0.169 e. The van der Waals surface area contributed by atoms with Gasteiger partial charge in [0, 0.05) is 27.8 Å². The Bertz CT molecular complexity index is 386. The van der Waals surface area contributed by atoms with Crippen LogP contribution in [0.25, 0.3) is 0 Å². The van der Waals surface area contributed by atoms with Crippen molar-refractivity contribution in [1.82, 2.24) is 10.2 Å². The summed E-state index contributed by atoms with van der Waals surface area (Å²) in [6.45, 7) is 0.884. The van der Waals surface area contributed by atoms with E-state index in [-0.39, 0.29) is 0 Å². The predicted octanol–water partition coefficient (Wildman–Crippen LogP) is 3.76. The summed E-state index contributed by atoms with van der Waals surface area (Å²) in [6, 6.07) is 2.75. The molecule has 0 unspecified atom stereocenters. The first-order chi connectivity index (χ1) is 8.15. The Morgan fingerprint density at radius 2 is 2.29 bits per heavy atom. The summed E-state index contributed by atoms with van der Waals surface area (Å²) in [7, 11) is 2.05. The third-order valence-electron chi connectivity index (χ3n) is 3.04. The molecule has 94 valence electrons. The van der Waals surface area contributed by atoms with Gasteiger partial charge in [-0.05, 0) is 47.1 Å². The number of nitrogens with one attached hydrogen (secondary N) is 1. The monoisotopic (exact) mass is 332 g/mol. The van der Waals surface area contributed by atoms with Gasteiger partial charge in [-0.15, -0.1) is 11.3 Å². The molecule has 1 aromatic rings. The molecule has 0 saturated heterocycles. The molecule has 1 aliphatic carbocycles. The summed E-state index contributed by atoms with van der Waals surface area (Å²) in [4.78, 5) is 3.45. The van der Waals surface area contributed by atoms with E-state index in [0.717, 1.165) is 16.1 Å². The van der Waals surface area contributed by atoms with E-state index < -0.39 is 0 Å². The molecular formula is C12H17BrN2S2. The molecule has 0 radical (unpaired) electrons. The number of halogens is 1. The Morgan fingerprint density at radius 1 is 1.59 bits per heavy atom. The van der Waals surface area contributed by atoms with Crippen molar-refractivity contribution < 1.29 is 0 Å². The topological polar surface area (TPSA) is 15.3 Å². The SMILES string of the molecule is CN(Cc1cc(Br)cs1)C(=S)NC1CCCC1. The highest BCUT2D eigenvalue weighted by molar-refractivity contribution is 9.10. The summed E-state index contributed by atoms with van der Waals surface area (Å²) < 4.78 is 1.15. The zero-order chi connectivity index (χ0) is 12.3. The first-order valence-electron chi connectivity index (χ1n) is 5.89. The molecule has 0 atom stereocenters. The molecule has 0 spiro atoms. The second-order valence-electron chi connectivity index (χ2n) is 4.52. The zero-order valence-electron chi connectivity index (χ0n) is 9.91. The summed E-state index contributed by atoms with van der Waals surface area (Å²) in [6.07, 6.45) is 5.20. The van der Waals surface area contributed by atoms with Crippen molar-refractivity contribution in [2.24, 2.45) is 0 Å². The minimum absolute atomic E-state index is 0.597. The number of hydrogen-bond donors (Lipinski definition) is 1. The van der Waals surface area contributed by atoms with Crippen molar-refractivity contribution in [2.75, 3.05) is 7.05 Å². The molecule has 17 heavy (non-hydrogen) atoms. The highest BCUT2D eigenvalue weighted by Gasteiger charge is 2.17. The lowest BCUT2D eigenvalue weighted by atomic mass is 10.2. The summed E-state index contributed by atoms with van der Waals surface area (Å²) in [5, 5.41) is 6.44. The Kier molecular flexibility index (Phi) is 4.82. The third kappa shape index (κ3) is 3.93. The molecule has 0 bridgehead atoms. The molecule has 2 rings (SSSR count).